The molecule has 140 valence electrons. The number of halogens is 3. The molecule has 0 fully saturated rings. The Labute approximate surface area is 157 Å². The van der Waals surface area contributed by atoms with Crippen LogP contribution in [-0.4, -0.2) is 16.1 Å². The molecular weight excluding hydrogens is 377 g/mol. The first kappa shape index (κ1) is 18.9. The van der Waals surface area contributed by atoms with Gasteiger partial charge in [0.1, 0.15) is 0 Å². The molecule has 0 saturated heterocycles. The molecule has 27 heavy (non-hydrogen) atoms. The van der Waals surface area contributed by atoms with E-state index in [1.165, 1.54) is 12.1 Å². The van der Waals surface area contributed by atoms with Gasteiger partial charge in [0.2, 0.25) is 0 Å². The number of aliphatic carboxylic acids is 1. The first-order valence-corrected chi connectivity index (χ1v) is 8.77. The predicted molar refractivity (Wildman–Crippen MR) is 98.4 cm³/mol. The molecule has 0 amide bonds. The molecule has 2 N–H and O–H groups in total. The third kappa shape index (κ3) is 4.65. The van der Waals surface area contributed by atoms with Crippen LogP contribution in [0.15, 0.2) is 48.5 Å². The topological polar surface area (TPSA) is 62.2 Å². The first-order valence-electron chi connectivity index (χ1n) is 7.95. The zero-order valence-electron chi connectivity index (χ0n) is 14.2. The quantitative estimate of drug-likeness (QED) is 0.601. The zero-order valence-corrected chi connectivity index (χ0v) is 15.0. The number of nitrogens with one attached hydrogen (secondary N) is 1. The van der Waals surface area contributed by atoms with Crippen LogP contribution in [0.3, 0.4) is 0 Å². The Balaban J connectivity index is 1.95. The van der Waals surface area contributed by atoms with Crippen molar-refractivity contribution in [2.75, 3.05) is 5.32 Å². The zero-order chi connectivity index (χ0) is 19.6. The molecule has 0 saturated carbocycles. The monoisotopic (exact) mass is 392 g/mol. The summed E-state index contributed by atoms with van der Waals surface area (Å²) in [7, 11) is 0. The molecule has 0 bridgehead atoms. The number of alkyl halides is 3. The van der Waals surface area contributed by atoms with Crippen molar-refractivity contribution in [2.45, 2.75) is 19.5 Å². The lowest BCUT2D eigenvalue weighted by molar-refractivity contribution is -0.138. The fourth-order valence-electron chi connectivity index (χ4n) is 2.50. The highest BCUT2D eigenvalue weighted by atomic mass is 32.1. The molecule has 3 rings (SSSR count). The molecule has 0 aliphatic rings. The number of thiazole rings is 1. The average molecular weight is 392 g/mol. The minimum Gasteiger partial charge on any atom is -0.481 e. The lowest BCUT2D eigenvalue weighted by atomic mass is 10.1. The fourth-order valence-corrected chi connectivity index (χ4v) is 3.49. The van der Waals surface area contributed by atoms with E-state index in [9.17, 15) is 18.0 Å². The molecular formula is C19H15F3N2O2S. The Morgan fingerprint density at radius 2 is 1.89 bits per heavy atom. The highest BCUT2D eigenvalue weighted by Crippen LogP contribution is 2.35. The van der Waals surface area contributed by atoms with Crippen LogP contribution in [0.2, 0.25) is 0 Å². The number of hydrogen-bond donors (Lipinski definition) is 2. The Bertz CT molecular complexity index is 966. The van der Waals surface area contributed by atoms with Crippen LogP contribution in [-0.2, 0) is 17.4 Å². The van der Waals surface area contributed by atoms with Gasteiger partial charge in [-0.3, -0.25) is 4.79 Å². The van der Waals surface area contributed by atoms with Crippen LogP contribution in [0.25, 0.3) is 11.3 Å². The number of carbonyl (C=O) groups is 1. The second-order valence-electron chi connectivity index (χ2n) is 5.93. The third-order valence-electron chi connectivity index (χ3n) is 3.78. The standard InChI is InChI=1S/C19H15F3N2O2S/c1-11-5-7-12(8-6-11)17-15(10-16(25)26)27-18(24-17)23-14-4-2-3-13(9-14)19(20,21)22/h2-9H,10H2,1H3,(H,23,24)(H,25,26). The van der Waals surface area contributed by atoms with Crippen molar-refractivity contribution in [1.29, 1.82) is 0 Å². The van der Waals surface area contributed by atoms with Crippen LogP contribution < -0.4 is 5.32 Å². The van der Waals surface area contributed by atoms with E-state index in [-0.39, 0.29) is 12.1 Å². The second-order valence-corrected chi connectivity index (χ2v) is 7.01. The van der Waals surface area contributed by atoms with Crippen molar-refractivity contribution in [3.63, 3.8) is 0 Å². The van der Waals surface area contributed by atoms with Crippen LogP contribution in [0.5, 0.6) is 0 Å². The molecule has 1 heterocycles. The fraction of sp³-hybridized carbons (Fsp3) is 0.158. The van der Waals surface area contributed by atoms with Gasteiger partial charge in [0, 0.05) is 16.1 Å². The largest absolute Gasteiger partial charge is 0.481 e. The van der Waals surface area contributed by atoms with E-state index in [0.29, 0.717) is 15.7 Å². The Morgan fingerprint density at radius 1 is 1.19 bits per heavy atom. The van der Waals surface area contributed by atoms with Crippen molar-refractivity contribution in [3.8, 4) is 11.3 Å². The lowest BCUT2D eigenvalue weighted by Gasteiger charge is -2.08. The summed E-state index contributed by atoms with van der Waals surface area (Å²) in [5.74, 6) is -1.00. The number of nitrogens with zero attached hydrogens (tertiary/aromatic N) is 1. The number of carboxylic acids is 1. The number of rotatable bonds is 5. The molecule has 0 aliphatic carbocycles. The molecule has 0 spiro atoms. The molecule has 0 atom stereocenters. The van der Waals surface area contributed by atoms with Gasteiger partial charge in [0.05, 0.1) is 17.7 Å². The number of aryl methyl sites for hydroxylation is 1. The maximum absolute atomic E-state index is 12.9. The van der Waals surface area contributed by atoms with Gasteiger partial charge < -0.3 is 10.4 Å². The van der Waals surface area contributed by atoms with Crippen molar-refractivity contribution in [2.24, 2.45) is 0 Å². The minimum atomic E-state index is -4.44. The van der Waals surface area contributed by atoms with E-state index >= 15 is 0 Å². The Kier molecular flexibility index (Phi) is 5.18. The van der Waals surface area contributed by atoms with E-state index in [2.05, 4.69) is 10.3 Å². The lowest BCUT2D eigenvalue weighted by Crippen LogP contribution is -2.05. The predicted octanol–water partition coefficient (Wildman–Crippen LogP) is 5.51. The van der Waals surface area contributed by atoms with Crippen molar-refractivity contribution in [3.05, 3.63) is 64.5 Å². The van der Waals surface area contributed by atoms with E-state index in [4.69, 9.17) is 5.11 Å². The van der Waals surface area contributed by atoms with Gasteiger partial charge in [0.15, 0.2) is 5.13 Å². The van der Waals surface area contributed by atoms with E-state index < -0.39 is 17.7 Å². The van der Waals surface area contributed by atoms with Gasteiger partial charge in [-0.15, -0.1) is 11.3 Å². The van der Waals surface area contributed by atoms with Crippen LogP contribution >= 0.6 is 11.3 Å². The summed E-state index contributed by atoms with van der Waals surface area (Å²) in [6.45, 7) is 1.93. The van der Waals surface area contributed by atoms with Gasteiger partial charge >= 0.3 is 12.1 Å². The SMILES string of the molecule is Cc1ccc(-c2nc(Nc3cccc(C(F)(F)F)c3)sc2CC(=O)O)cc1. The summed E-state index contributed by atoms with van der Waals surface area (Å²) in [5.41, 5.74) is 1.78. The number of carboxylic acid groups (broad SMARTS) is 1. The molecule has 8 heteroatoms. The molecule has 0 unspecified atom stereocenters. The average Bonchev–Trinajstić information content (AvgIpc) is 2.96. The third-order valence-corrected chi connectivity index (χ3v) is 4.75. The van der Waals surface area contributed by atoms with Gasteiger partial charge in [-0.25, -0.2) is 4.98 Å². The molecule has 3 aromatic rings. The van der Waals surface area contributed by atoms with Crippen LogP contribution in [0.1, 0.15) is 16.0 Å². The van der Waals surface area contributed by atoms with Crippen LogP contribution in [0.4, 0.5) is 24.0 Å². The molecule has 4 nitrogen and oxygen atoms in total. The van der Waals surface area contributed by atoms with Gasteiger partial charge in [-0.2, -0.15) is 13.2 Å². The Hall–Kier alpha value is -2.87. The highest BCUT2D eigenvalue weighted by molar-refractivity contribution is 7.16. The summed E-state index contributed by atoms with van der Waals surface area (Å²) in [6, 6.07) is 12.2. The molecule has 1 aromatic heterocycles. The maximum atomic E-state index is 12.9. The maximum Gasteiger partial charge on any atom is 0.416 e. The number of hydrogen-bond acceptors (Lipinski definition) is 4. The summed E-state index contributed by atoms with van der Waals surface area (Å²) < 4.78 is 38.6. The number of aromatic nitrogens is 1. The Morgan fingerprint density at radius 3 is 2.52 bits per heavy atom. The molecule has 2 aromatic carbocycles. The van der Waals surface area contributed by atoms with Gasteiger partial charge in [-0.05, 0) is 25.1 Å². The summed E-state index contributed by atoms with van der Waals surface area (Å²) in [6.07, 6.45) is -4.66. The molecule has 0 aliphatic heterocycles. The summed E-state index contributed by atoms with van der Waals surface area (Å²) in [4.78, 5) is 16.1. The number of anilines is 2. The summed E-state index contributed by atoms with van der Waals surface area (Å²) >= 11 is 1.11. The smallest absolute Gasteiger partial charge is 0.416 e. The second kappa shape index (κ2) is 7.40. The minimum absolute atomic E-state index is 0.217. The highest BCUT2D eigenvalue weighted by Gasteiger charge is 2.30. The van der Waals surface area contributed by atoms with Gasteiger partial charge in [-0.1, -0.05) is 35.9 Å². The number of benzene rings is 2. The summed E-state index contributed by atoms with van der Waals surface area (Å²) in [5, 5.41) is 12.3. The first-order chi connectivity index (χ1) is 12.7. The van der Waals surface area contributed by atoms with Gasteiger partial charge in [0.25, 0.3) is 0 Å². The van der Waals surface area contributed by atoms with Crippen LogP contribution in [0, 0.1) is 6.92 Å². The normalized spacial score (nSPS) is 11.4. The van der Waals surface area contributed by atoms with Crippen molar-refractivity contribution >= 4 is 28.1 Å². The van der Waals surface area contributed by atoms with E-state index in [1.54, 1.807) is 0 Å². The van der Waals surface area contributed by atoms with E-state index in [0.717, 1.165) is 34.6 Å². The van der Waals surface area contributed by atoms with Crippen molar-refractivity contribution in [1.82, 2.24) is 4.98 Å². The molecule has 0 radical (unpaired) electrons. The van der Waals surface area contributed by atoms with Crippen molar-refractivity contribution < 1.29 is 23.1 Å². The van der Waals surface area contributed by atoms with E-state index in [1.807, 2.05) is 31.2 Å².